The molecule has 0 fully saturated rings. The Balaban J connectivity index is 1.92. The lowest BCUT2D eigenvalue weighted by Crippen LogP contribution is -2.26. The zero-order chi connectivity index (χ0) is 14.5. The van der Waals surface area contributed by atoms with Crippen LogP contribution in [-0.2, 0) is 6.42 Å². The van der Waals surface area contributed by atoms with Gasteiger partial charge in [-0.3, -0.25) is 4.79 Å². The number of carbonyl (C=O) groups excluding carboxylic acids is 1. The van der Waals surface area contributed by atoms with Gasteiger partial charge >= 0.3 is 0 Å². The third-order valence-electron chi connectivity index (χ3n) is 2.85. The summed E-state index contributed by atoms with van der Waals surface area (Å²) in [7, 11) is 0. The average molecular weight is 309 g/mol. The number of benzene rings is 2. The molecule has 0 bridgehead atoms. The van der Waals surface area contributed by atoms with Crippen molar-refractivity contribution in [2.45, 2.75) is 6.42 Å². The molecule has 20 heavy (non-hydrogen) atoms. The van der Waals surface area contributed by atoms with Crippen molar-refractivity contribution in [1.29, 1.82) is 0 Å². The van der Waals surface area contributed by atoms with E-state index < -0.39 is 0 Å². The molecule has 3 nitrogen and oxygen atoms in total. The quantitative estimate of drug-likeness (QED) is 0.849. The summed E-state index contributed by atoms with van der Waals surface area (Å²) in [4.78, 5) is 12.0. The van der Waals surface area contributed by atoms with Gasteiger partial charge in [0.2, 0.25) is 0 Å². The Morgan fingerprint density at radius 2 is 1.85 bits per heavy atom. The summed E-state index contributed by atoms with van der Waals surface area (Å²) in [5.74, 6) is -0.207. The molecule has 104 valence electrons. The van der Waals surface area contributed by atoms with Crippen molar-refractivity contribution in [1.82, 2.24) is 5.32 Å². The number of amides is 1. The number of hydrogen-bond donors (Lipinski definition) is 2. The molecular weight excluding hydrogens is 295 g/mol. The summed E-state index contributed by atoms with van der Waals surface area (Å²) >= 11 is 11.7. The fourth-order valence-electron chi connectivity index (χ4n) is 1.85. The Morgan fingerprint density at radius 3 is 2.55 bits per heavy atom. The summed E-state index contributed by atoms with van der Waals surface area (Å²) < 4.78 is 0. The number of hydrogen-bond acceptors (Lipinski definition) is 2. The van der Waals surface area contributed by atoms with Crippen molar-refractivity contribution in [3.8, 4) is 0 Å². The number of nitrogen functional groups attached to an aromatic ring is 1. The number of halogens is 2. The smallest absolute Gasteiger partial charge is 0.253 e. The molecule has 0 spiro atoms. The van der Waals surface area contributed by atoms with E-state index in [1.54, 1.807) is 18.2 Å². The number of anilines is 1. The molecule has 0 aromatic heterocycles. The van der Waals surface area contributed by atoms with E-state index in [0.29, 0.717) is 34.3 Å². The van der Waals surface area contributed by atoms with Gasteiger partial charge in [0, 0.05) is 22.3 Å². The molecule has 0 atom stereocenters. The van der Waals surface area contributed by atoms with Crippen molar-refractivity contribution in [3.05, 3.63) is 63.6 Å². The summed E-state index contributed by atoms with van der Waals surface area (Å²) in [5, 5.41) is 4.02. The Labute approximate surface area is 127 Å². The topological polar surface area (TPSA) is 55.1 Å². The summed E-state index contributed by atoms with van der Waals surface area (Å²) in [6, 6.07) is 12.4. The van der Waals surface area contributed by atoms with Crippen LogP contribution in [0, 0.1) is 0 Å². The molecule has 0 heterocycles. The van der Waals surface area contributed by atoms with Crippen LogP contribution >= 0.6 is 23.2 Å². The first-order chi connectivity index (χ1) is 9.56. The molecule has 2 aromatic rings. The normalized spacial score (nSPS) is 10.3. The molecule has 2 aromatic carbocycles. The van der Waals surface area contributed by atoms with Crippen LogP contribution in [0.1, 0.15) is 15.9 Å². The number of carbonyl (C=O) groups is 1. The van der Waals surface area contributed by atoms with E-state index >= 15 is 0 Å². The lowest BCUT2D eigenvalue weighted by atomic mass is 10.1. The number of rotatable bonds is 4. The minimum absolute atomic E-state index is 0.207. The van der Waals surface area contributed by atoms with Gasteiger partial charge in [-0.1, -0.05) is 35.3 Å². The molecule has 0 aliphatic carbocycles. The second kappa shape index (κ2) is 6.64. The summed E-state index contributed by atoms with van der Waals surface area (Å²) in [6.07, 6.45) is 0.708. The summed E-state index contributed by atoms with van der Waals surface area (Å²) in [6.45, 7) is 0.515. The van der Waals surface area contributed by atoms with Crippen LogP contribution in [0.3, 0.4) is 0 Å². The van der Waals surface area contributed by atoms with Gasteiger partial charge in [-0.2, -0.15) is 0 Å². The zero-order valence-corrected chi connectivity index (χ0v) is 12.2. The van der Waals surface area contributed by atoms with E-state index in [9.17, 15) is 4.79 Å². The van der Waals surface area contributed by atoms with Crippen LogP contribution in [0.15, 0.2) is 42.5 Å². The molecule has 0 saturated heterocycles. The van der Waals surface area contributed by atoms with Crippen LogP contribution in [0.5, 0.6) is 0 Å². The van der Waals surface area contributed by atoms with E-state index in [4.69, 9.17) is 28.9 Å². The van der Waals surface area contributed by atoms with Crippen molar-refractivity contribution < 1.29 is 4.79 Å². The van der Waals surface area contributed by atoms with Crippen molar-refractivity contribution in [2.75, 3.05) is 12.3 Å². The Kier molecular flexibility index (Phi) is 4.88. The number of nitrogens with one attached hydrogen (secondary N) is 1. The lowest BCUT2D eigenvalue weighted by Gasteiger charge is -2.08. The standard InChI is InChI=1S/C15H14Cl2N2O/c16-11-3-1-2-10(8-11)6-7-19-15(20)13-5-4-12(17)9-14(13)18/h1-5,8-9H,6-7,18H2,(H,19,20). The predicted octanol–water partition coefficient (Wildman–Crippen LogP) is 3.55. The van der Waals surface area contributed by atoms with E-state index in [1.807, 2.05) is 24.3 Å². The van der Waals surface area contributed by atoms with E-state index in [0.717, 1.165) is 5.56 Å². The van der Waals surface area contributed by atoms with Crippen LogP contribution in [0.25, 0.3) is 0 Å². The molecular formula is C15H14Cl2N2O. The van der Waals surface area contributed by atoms with Crippen molar-refractivity contribution >= 4 is 34.8 Å². The molecule has 0 saturated carbocycles. The van der Waals surface area contributed by atoms with Gasteiger partial charge in [-0.25, -0.2) is 0 Å². The van der Waals surface area contributed by atoms with Gasteiger partial charge < -0.3 is 11.1 Å². The molecule has 5 heteroatoms. The SMILES string of the molecule is Nc1cc(Cl)ccc1C(=O)NCCc1cccc(Cl)c1. The Hall–Kier alpha value is -1.71. The van der Waals surface area contributed by atoms with Crippen LogP contribution < -0.4 is 11.1 Å². The maximum Gasteiger partial charge on any atom is 0.253 e. The highest BCUT2D eigenvalue weighted by atomic mass is 35.5. The molecule has 1 amide bonds. The zero-order valence-electron chi connectivity index (χ0n) is 10.7. The molecule has 0 aliphatic heterocycles. The lowest BCUT2D eigenvalue weighted by molar-refractivity contribution is 0.0955. The molecule has 3 N–H and O–H groups in total. The highest BCUT2D eigenvalue weighted by molar-refractivity contribution is 6.31. The van der Waals surface area contributed by atoms with Crippen LogP contribution in [-0.4, -0.2) is 12.5 Å². The highest BCUT2D eigenvalue weighted by Gasteiger charge is 2.09. The van der Waals surface area contributed by atoms with Crippen LogP contribution in [0.4, 0.5) is 5.69 Å². The second-order valence-corrected chi connectivity index (χ2v) is 5.24. The van der Waals surface area contributed by atoms with Crippen LogP contribution in [0.2, 0.25) is 10.0 Å². The fourth-order valence-corrected chi connectivity index (χ4v) is 2.24. The maximum absolute atomic E-state index is 12.0. The summed E-state index contributed by atoms with van der Waals surface area (Å²) in [5.41, 5.74) is 7.64. The van der Waals surface area contributed by atoms with Crippen molar-refractivity contribution in [3.63, 3.8) is 0 Å². The van der Waals surface area contributed by atoms with Gasteiger partial charge in [0.1, 0.15) is 0 Å². The third-order valence-corrected chi connectivity index (χ3v) is 3.32. The van der Waals surface area contributed by atoms with E-state index in [1.165, 1.54) is 0 Å². The van der Waals surface area contributed by atoms with Gasteiger partial charge in [-0.05, 0) is 42.3 Å². The first-order valence-electron chi connectivity index (χ1n) is 6.14. The molecule has 0 aliphatic rings. The number of nitrogens with two attached hydrogens (primary N) is 1. The first kappa shape index (κ1) is 14.7. The van der Waals surface area contributed by atoms with E-state index in [2.05, 4.69) is 5.32 Å². The second-order valence-electron chi connectivity index (χ2n) is 4.37. The van der Waals surface area contributed by atoms with Gasteiger partial charge in [-0.15, -0.1) is 0 Å². The minimum atomic E-state index is -0.207. The van der Waals surface area contributed by atoms with Crippen molar-refractivity contribution in [2.24, 2.45) is 0 Å². The minimum Gasteiger partial charge on any atom is -0.398 e. The Morgan fingerprint density at radius 1 is 1.10 bits per heavy atom. The van der Waals surface area contributed by atoms with Gasteiger partial charge in [0.25, 0.3) is 5.91 Å². The van der Waals surface area contributed by atoms with E-state index in [-0.39, 0.29) is 5.91 Å². The molecule has 0 unspecified atom stereocenters. The average Bonchev–Trinajstić information content (AvgIpc) is 2.38. The first-order valence-corrected chi connectivity index (χ1v) is 6.89. The largest absolute Gasteiger partial charge is 0.398 e. The maximum atomic E-state index is 12.0. The van der Waals surface area contributed by atoms with Gasteiger partial charge in [0.15, 0.2) is 0 Å². The molecule has 2 rings (SSSR count). The molecule has 0 radical (unpaired) electrons. The highest BCUT2D eigenvalue weighted by Crippen LogP contribution is 2.17. The predicted molar refractivity (Wildman–Crippen MR) is 83.4 cm³/mol. The fraction of sp³-hybridized carbons (Fsp3) is 0.133. The van der Waals surface area contributed by atoms with Gasteiger partial charge in [0.05, 0.1) is 5.56 Å². The third kappa shape index (κ3) is 3.89. The monoisotopic (exact) mass is 308 g/mol. The Bertz CT molecular complexity index is 629.